The second-order valence-electron chi connectivity index (χ2n) is 9.43. The second-order valence-corrected chi connectivity index (χ2v) is 9.43. The Bertz CT molecular complexity index is 779. The highest BCUT2D eigenvalue weighted by Gasteiger charge is 2.35. The van der Waals surface area contributed by atoms with Crippen molar-refractivity contribution in [1.82, 2.24) is 15.7 Å². The number of carbonyl (C=O) groups is 5. The van der Waals surface area contributed by atoms with Crippen LogP contribution in [0.25, 0.3) is 0 Å². The number of carbonyl (C=O) groups excluding carboxylic acids is 5. The number of alkyl carbamates (subject to hydrolysis) is 2. The predicted molar refractivity (Wildman–Crippen MR) is 117 cm³/mol. The lowest BCUT2D eigenvalue weighted by Crippen LogP contribution is -2.47. The molecule has 186 valence electrons. The molecule has 0 radical (unpaired) electrons. The lowest BCUT2D eigenvalue weighted by atomic mass is 10.1. The van der Waals surface area contributed by atoms with Crippen LogP contribution in [-0.4, -0.2) is 64.7 Å². The number of hydroxylamine groups is 2. The first-order chi connectivity index (χ1) is 15.1. The van der Waals surface area contributed by atoms with E-state index in [1.165, 1.54) is 0 Å². The van der Waals surface area contributed by atoms with Crippen LogP contribution in [-0.2, 0) is 28.7 Å². The monoisotopic (exact) mass is 470 g/mol. The SMILES string of the molecule is CC(=NCCC[C@H](NC(=O)OC(C)(C)C)C(=O)ON1C(=O)CCC1=O)NC(=O)OC(C)(C)C. The van der Waals surface area contributed by atoms with Crippen LogP contribution in [0.4, 0.5) is 9.59 Å². The van der Waals surface area contributed by atoms with Crippen LogP contribution < -0.4 is 10.6 Å². The number of hydrogen-bond acceptors (Lipinski definition) is 9. The number of hydrogen-bond donors (Lipinski definition) is 2. The summed E-state index contributed by atoms with van der Waals surface area (Å²) in [5.41, 5.74) is -1.45. The topological polar surface area (TPSA) is 153 Å². The maximum Gasteiger partial charge on any atom is 0.413 e. The number of nitrogens with zero attached hydrogens (tertiary/aromatic N) is 2. The predicted octanol–water partition coefficient (Wildman–Crippen LogP) is 2.21. The van der Waals surface area contributed by atoms with E-state index in [-0.39, 0.29) is 25.8 Å². The van der Waals surface area contributed by atoms with Crippen LogP contribution in [0.15, 0.2) is 4.99 Å². The molecule has 0 spiro atoms. The van der Waals surface area contributed by atoms with Gasteiger partial charge in [0.2, 0.25) is 0 Å². The molecule has 1 saturated heterocycles. The van der Waals surface area contributed by atoms with Crippen molar-refractivity contribution in [3.8, 4) is 0 Å². The highest BCUT2D eigenvalue weighted by Crippen LogP contribution is 2.14. The zero-order chi connectivity index (χ0) is 25.4. The summed E-state index contributed by atoms with van der Waals surface area (Å²) in [5.74, 6) is -1.91. The minimum Gasteiger partial charge on any atom is -0.444 e. The molecule has 0 aromatic carbocycles. The van der Waals surface area contributed by atoms with Crippen molar-refractivity contribution in [1.29, 1.82) is 0 Å². The summed E-state index contributed by atoms with van der Waals surface area (Å²) in [7, 11) is 0. The number of amidine groups is 1. The molecule has 1 atom stereocenters. The van der Waals surface area contributed by atoms with Crippen molar-refractivity contribution in [3.05, 3.63) is 0 Å². The van der Waals surface area contributed by atoms with Gasteiger partial charge >= 0.3 is 18.2 Å². The maximum absolute atomic E-state index is 12.5. The van der Waals surface area contributed by atoms with E-state index in [4.69, 9.17) is 14.3 Å². The van der Waals surface area contributed by atoms with Crippen LogP contribution in [0, 0.1) is 0 Å². The van der Waals surface area contributed by atoms with E-state index in [1.807, 2.05) is 0 Å². The van der Waals surface area contributed by atoms with Gasteiger partial charge in [0.1, 0.15) is 23.1 Å². The van der Waals surface area contributed by atoms with Gasteiger partial charge in [-0.2, -0.15) is 0 Å². The van der Waals surface area contributed by atoms with Gasteiger partial charge in [0.05, 0.1) is 0 Å². The van der Waals surface area contributed by atoms with E-state index in [2.05, 4.69) is 15.6 Å². The first-order valence-corrected chi connectivity index (χ1v) is 10.7. The molecule has 0 saturated carbocycles. The second kappa shape index (κ2) is 11.6. The van der Waals surface area contributed by atoms with Crippen LogP contribution in [0.5, 0.6) is 0 Å². The van der Waals surface area contributed by atoms with Gasteiger partial charge in [0.25, 0.3) is 11.8 Å². The Morgan fingerprint density at radius 1 is 0.970 bits per heavy atom. The third kappa shape index (κ3) is 11.3. The van der Waals surface area contributed by atoms with Crippen LogP contribution in [0.1, 0.15) is 74.1 Å². The van der Waals surface area contributed by atoms with E-state index >= 15 is 0 Å². The molecule has 1 aliphatic heterocycles. The standard InChI is InChI=1S/C21H34N4O8/c1-13(23-18(29)31-20(2,3)4)22-12-8-9-14(24-19(30)32-21(5,6)7)17(28)33-25-15(26)10-11-16(25)27/h14H,8-12H2,1-7H3,(H,24,30)(H,22,23,29)/t14-/m0/s1. The fourth-order valence-corrected chi connectivity index (χ4v) is 2.54. The van der Waals surface area contributed by atoms with Crippen molar-refractivity contribution < 1.29 is 38.3 Å². The molecule has 0 unspecified atom stereocenters. The summed E-state index contributed by atoms with van der Waals surface area (Å²) in [6.45, 7) is 12.0. The molecule has 0 aliphatic carbocycles. The number of imide groups is 1. The fourth-order valence-electron chi connectivity index (χ4n) is 2.54. The molecule has 1 fully saturated rings. The Labute approximate surface area is 193 Å². The fraction of sp³-hybridized carbons (Fsp3) is 0.714. The maximum atomic E-state index is 12.5. The van der Waals surface area contributed by atoms with Crippen LogP contribution in [0.3, 0.4) is 0 Å². The largest absolute Gasteiger partial charge is 0.444 e. The van der Waals surface area contributed by atoms with E-state index in [0.717, 1.165) is 0 Å². The van der Waals surface area contributed by atoms with Gasteiger partial charge in [-0.3, -0.25) is 19.9 Å². The average molecular weight is 471 g/mol. The molecule has 0 bridgehead atoms. The minimum atomic E-state index is -1.18. The molecule has 4 amide bonds. The van der Waals surface area contributed by atoms with Gasteiger partial charge in [-0.15, -0.1) is 5.06 Å². The zero-order valence-electron chi connectivity index (χ0n) is 20.3. The molecule has 0 aromatic heterocycles. The normalized spacial score (nSPS) is 15.7. The molecule has 1 aliphatic rings. The molecule has 12 nitrogen and oxygen atoms in total. The van der Waals surface area contributed by atoms with Crippen molar-refractivity contribution >= 4 is 35.8 Å². The third-order valence-corrected chi connectivity index (χ3v) is 3.84. The lowest BCUT2D eigenvalue weighted by molar-refractivity contribution is -0.199. The smallest absolute Gasteiger partial charge is 0.413 e. The molecule has 0 aromatic rings. The van der Waals surface area contributed by atoms with Crippen LogP contribution in [0.2, 0.25) is 0 Å². The van der Waals surface area contributed by atoms with Gasteiger partial charge in [0, 0.05) is 19.4 Å². The molecule has 12 heteroatoms. The number of amides is 4. The minimum absolute atomic E-state index is 0.0467. The van der Waals surface area contributed by atoms with Gasteiger partial charge in [0.15, 0.2) is 0 Å². The van der Waals surface area contributed by atoms with Crippen molar-refractivity contribution in [3.63, 3.8) is 0 Å². The summed E-state index contributed by atoms with van der Waals surface area (Å²) < 4.78 is 10.3. The summed E-state index contributed by atoms with van der Waals surface area (Å²) in [4.78, 5) is 69.0. The number of nitrogens with one attached hydrogen (secondary N) is 2. The Kier molecular flexibility index (Phi) is 9.80. The molecule has 2 N–H and O–H groups in total. The average Bonchev–Trinajstić information content (AvgIpc) is 2.92. The van der Waals surface area contributed by atoms with Crippen molar-refractivity contribution in [2.75, 3.05) is 6.54 Å². The first-order valence-electron chi connectivity index (χ1n) is 10.7. The first kappa shape index (κ1) is 27.9. The highest BCUT2D eigenvalue weighted by molar-refractivity contribution is 6.01. The molecular formula is C21H34N4O8. The van der Waals surface area contributed by atoms with E-state index in [9.17, 15) is 24.0 Å². The zero-order valence-corrected chi connectivity index (χ0v) is 20.3. The van der Waals surface area contributed by atoms with Gasteiger partial charge in [-0.1, -0.05) is 0 Å². The molecule has 1 rings (SSSR count). The Balaban J connectivity index is 2.70. The highest BCUT2D eigenvalue weighted by atomic mass is 16.7. The molecule has 33 heavy (non-hydrogen) atoms. The van der Waals surface area contributed by atoms with Crippen molar-refractivity contribution in [2.24, 2.45) is 4.99 Å². The van der Waals surface area contributed by atoms with E-state index in [0.29, 0.717) is 17.3 Å². The number of rotatable bonds is 7. The van der Waals surface area contributed by atoms with Gasteiger partial charge < -0.3 is 19.6 Å². The molecular weight excluding hydrogens is 436 g/mol. The Morgan fingerprint density at radius 2 is 1.48 bits per heavy atom. The summed E-state index contributed by atoms with van der Waals surface area (Å²) in [6, 6.07) is -1.18. The summed E-state index contributed by atoms with van der Waals surface area (Å²) in [5, 5.41) is 5.30. The quantitative estimate of drug-likeness (QED) is 0.249. The Morgan fingerprint density at radius 3 is 2.00 bits per heavy atom. The van der Waals surface area contributed by atoms with Crippen molar-refractivity contribution in [2.45, 2.75) is 91.4 Å². The lowest BCUT2D eigenvalue weighted by Gasteiger charge is -2.23. The van der Waals surface area contributed by atoms with E-state index < -0.39 is 47.2 Å². The number of ether oxygens (including phenoxy) is 2. The van der Waals surface area contributed by atoms with Gasteiger partial charge in [-0.25, -0.2) is 14.4 Å². The van der Waals surface area contributed by atoms with Crippen LogP contribution >= 0.6 is 0 Å². The number of aliphatic imine (C=N–C) groups is 1. The van der Waals surface area contributed by atoms with E-state index in [1.54, 1.807) is 48.5 Å². The van der Waals surface area contributed by atoms with Gasteiger partial charge in [-0.05, 0) is 61.3 Å². The Hall–Kier alpha value is -3.18. The third-order valence-electron chi connectivity index (χ3n) is 3.84. The summed E-state index contributed by atoms with van der Waals surface area (Å²) in [6.07, 6.45) is -1.20. The summed E-state index contributed by atoms with van der Waals surface area (Å²) >= 11 is 0. The molecule has 1 heterocycles.